The molecule has 5 heteroatoms. The summed E-state index contributed by atoms with van der Waals surface area (Å²) in [6.45, 7) is 0. The van der Waals surface area contributed by atoms with Crippen LogP contribution in [0.15, 0.2) is 57.8 Å². The third-order valence-electron chi connectivity index (χ3n) is 2.75. The number of allylic oxidation sites excluding steroid dienone is 1. The molecular formula is C16H10BrClO3. The van der Waals surface area contributed by atoms with Gasteiger partial charge in [0.15, 0.2) is 11.5 Å². The topological polar surface area (TPSA) is 54.4 Å². The van der Waals surface area contributed by atoms with Crippen LogP contribution in [0.25, 0.3) is 6.08 Å². The van der Waals surface area contributed by atoms with Crippen molar-refractivity contribution in [3.63, 3.8) is 0 Å². The Morgan fingerprint density at radius 1 is 1.19 bits per heavy atom. The second-order valence-corrected chi connectivity index (χ2v) is 5.53. The lowest BCUT2D eigenvalue weighted by molar-refractivity contribution is 0.104. The standard InChI is InChI=1S/C16H10BrClO3/c17-11-6-8-15(20)16(21)12(9-11)14(19)7-5-10-3-1-2-4-13(10)18/h1-9H,(H,20,21)/b7-5-. The van der Waals surface area contributed by atoms with Crippen molar-refractivity contribution in [3.05, 3.63) is 79.4 Å². The van der Waals surface area contributed by atoms with Crippen molar-refractivity contribution in [1.29, 1.82) is 0 Å². The first-order valence-electron chi connectivity index (χ1n) is 5.99. The lowest BCUT2D eigenvalue weighted by Crippen LogP contribution is -2.01. The van der Waals surface area contributed by atoms with E-state index < -0.39 is 17.0 Å². The van der Waals surface area contributed by atoms with Gasteiger partial charge in [-0.3, -0.25) is 9.59 Å². The molecule has 0 aliphatic heterocycles. The number of aromatic hydroxyl groups is 1. The summed E-state index contributed by atoms with van der Waals surface area (Å²) in [7, 11) is 0. The molecule has 0 saturated carbocycles. The lowest BCUT2D eigenvalue weighted by atomic mass is 10.1. The molecule has 0 spiro atoms. The van der Waals surface area contributed by atoms with Crippen LogP contribution in [0.4, 0.5) is 0 Å². The Hall–Kier alpha value is -1.91. The molecule has 0 unspecified atom stereocenters. The van der Waals surface area contributed by atoms with Crippen LogP contribution in [0, 0.1) is 0 Å². The molecule has 0 aromatic heterocycles. The van der Waals surface area contributed by atoms with E-state index in [4.69, 9.17) is 11.6 Å². The summed E-state index contributed by atoms with van der Waals surface area (Å²) in [6, 6.07) is 11.1. The van der Waals surface area contributed by atoms with Crippen LogP contribution in [0.1, 0.15) is 15.9 Å². The fourth-order valence-corrected chi connectivity index (χ4v) is 2.23. The highest BCUT2D eigenvalue weighted by Crippen LogP contribution is 2.19. The molecule has 0 fully saturated rings. The average molecular weight is 366 g/mol. The van der Waals surface area contributed by atoms with Gasteiger partial charge >= 0.3 is 0 Å². The van der Waals surface area contributed by atoms with Gasteiger partial charge in [-0.15, -0.1) is 0 Å². The predicted molar refractivity (Wildman–Crippen MR) is 86.9 cm³/mol. The minimum Gasteiger partial charge on any atom is -0.504 e. The van der Waals surface area contributed by atoms with Crippen molar-refractivity contribution in [3.8, 4) is 5.75 Å². The quantitative estimate of drug-likeness (QED) is 0.659. The van der Waals surface area contributed by atoms with Crippen LogP contribution < -0.4 is 5.43 Å². The molecule has 2 aromatic carbocycles. The van der Waals surface area contributed by atoms with Gasteiger partial charge in [-0.05, 0) is 42.0 Å². The average Bonchev–Trinajstić information content (AvgIpc) is 2.60. The monoisotopic (exact) mass is 364 g/mol. The third-order valence-corrected chi connectivity index (χ3v) is 3.59. The normalized spacial score (nSPS) is 10.8. The maximum atomic E-state index is 12.1. The first kappa shape index (κ1) is 15.5. The van der Waals surface area contributed by atoms with E-state index in [1.54, 1.807) is 24.3 Å². The molecule has 0 aliphatic rings. The van der Waals surface area contributed by atoms with Gasteiger partial charge < -0.3 is 5.11 Å². The lowest BCUT2D eigenvalue weighted by Gasteiger charge is -1.98. The van der Waals surface area contributed by atoms with Gasteiger partial charge in [0.2, 0.25) is 5.43 Å². The van der Waals surface area contributed by atoms with Crippen molar-refractivity contribution < 1.29 is 9.90 Å². The molecule has 0 bridgehead atoms. The predicted octanol–water partition coefficient (Wildman–Crippen LogP) is 4.06. The van der Waals surface area contributed by atoms with Gasteiger partial charge in [0.25, 0.3) is 0 Å². The first-order valence-corrected chi connectivity index (χ1v) is 7.16. The van der Waals surface area contributed by atoms with Gasteiger partial charge in [-0.2, -0.15) is 0 Å². The number of rotatable bonds is 3. The van der Waals surface area contributed by atoms with E-state index in [-0.39, 0.29) is 5.56 Å². The summed E-state index contributed by atoms with van der Waals surface area (Å²) in [5.41, 5.74) is -0.0101. The van der Waals surface area contributed by atoms with Crippen LogP contribution in [0.5, 0.6) is 5.75 Å². The van der Waals surface area contributed by atoms with Crippen LogP contribution in [0.3, 0.4) is 0 Å². The van der Waals surface area contributed by atoms with E-state index in [1.807, 2.05) is 0 Å². The van der Waals surface area contributed by atoms with Gasteiger partial charge in [-0.25, -0.2) is 0 Å². The Morgan fingerprint density at radius 2 is 1.90 bits per heavy atom. The van der Waals surface area contributed by atoms with Crippen molar-refractivity contribution >= 4 is 39.4 Å². The smallest absolute Gasteiger partial charge is 0.220 e. The molecule has 1 N–H and O–H groups in total. The molecule has 2 aromatic rings. The van der Waals surface area contributed by atoms with Crippen LogP contribution >= 0.6 is 27.5 Å². The molecule has 0 aliphatic carbocycles. The molecule has 106 valence electrons. The summed E-state index contributed by atoms with van der Waals surface area (Å²) in [5, 5.41) is 10.3. The molecule has 0 heterocycles. The molecule has 0 amide bonds. The number of hydrogen-bond acceptors (Lipinski definition) is 3. The second kappa shape index (κ2) is 6.70. The van der Waals surface area contributed by atoms with E-state index in [2.05, 4.69) is 15.9 Å². The maximum Gasteiger partial charge on any atom is 0.220 e. The molecular weight excluding hydrogens is 356 g/mol. The van der Waals surface area contributed by atoms with E-state index in [9.17, 15) is 14.7 Å². The number of ketones is 1. The minimum absolute atomic E-state index is 0.0693. The Labute approximate surface area is 134 Å². The fraction of sp³-hybridized carbons (Fsp3) is 0. The number of benzene rings is 1. The molecule has 21 heavy (non-hydrogen) atoms. The fourth-order valence-electron chi connectivity index (χ4n) is 1.67. The summed E-state index contributed by atoms with van der Waals surface area (Å²) in [5.74, 6) is -1.06. The summed E-state index contributed by atoms with van der Waals surface area (Å²) < 4.78 is 0.523. The third kappa shape index (κ3) is 3.80. The second-order valence-electron chi connectivity index (χ2n) is 4.21. The van der Waals surface area contributed by atoms with Crippen LogP contribution in [-0.2, 0) is 0 Å². The van der Waals surface area contributed by atoms with Gasteiger partial charge in [-0.1, -0.05) is 45.7 Å². The SMILES string of the molecule is O=C(/C=C\c1ccccc1Cl)c1cc(Br)ccc(=O)c1O. The Balaban J connectivity index is 2.41. The molecule has 0 radical (unpaired) electrons. The summed E-state index contributed by atoms with van der Waals surface area (Å²) in [6.07, 6.45) is 2.80. The highest BCUT2D eigenvalue weighted by molar-refractivity contribution is 9.10. The molecule has 0 saturated heterocycles. The van der Waals surface area contributed by atoms with Crippen LogP contribution in [0.2, 0.25) is 5.02 Å². The van der Waals surface area contributed by atoms with Crippen molar-refractivity contribution in [1.82, 2.24) is 0 Å². The van der Waals surface area contributed by atoms with E-state index in [1.165, 1.54) is 30.4 Å². The first-order chi connectivity index (χ1) is 9.99. The van der Waals surface area contributed by atoms with Crippen molar-refractivity contribution in [2.75, 3.05) is 0 Å². The van der Waals surface area contributed by atoms with Crippen molar-refractivity contribution in [2.24, 2.45) is 0 Å². The van der Waals surface area contributed by atoms with E-state index in [0.717, 1.165) is 0 Å². The zero-order valence-corrected chi connectivity index (χ0v) is 13.1. The Morgan fingerprint density at radius 3 is 2.62 bits per heavy atom. The number of hydrogen-bond donors (Lipinski definition) is 1. The molecule has 0 atom stereocenters. The van der Waals surface area contributed by atoms with Gasteiger partial charge in [0.1, 0.15) is 0 Å². The number of carbonyl (C=O) groups is 1. The van der Waals surface area contributed by atoms with Gasteiger partial charge in [0.05, 0.1) is 5.56 Å². The van der Waals surface area contributed by atoms with Gasteiger partial charge in [0, 0.05) is 9.50 Å². The molecule has 3 nitrogen and oxygen atoms in total. The van der Waals surface area contributed by atoms with Crippen LogP contribution in [-0.4, -0.2) is 10.9 Å². The Kier molecular flexibility index (Phi) is 4.94. The number of halogens is 2. The Bertz CT molecular complexity index is 785. The molecule has 2 rings (SSSR count). The van der Waals surface area contributed by atoms with Crippen molar-refractivity contribution in [2.45, 2.75) is 0 Å². The number of carbonyl (C=O) groups excluding carboxylic acids is 1. The van der Waals surface area contributed by atoms with E-state index in [0.29, 0.717) is 15.1 Å². The summed E-state index contributed by atoms with van der Waals surface area (Å²) in [4.78, 5) is 23.7. The zero-order valence-electron chi connectivity index (χ0n) is 10.7. The largest absolute Gasteiger partial charge is 0.504 e. The maximum absolute atomic E-state index is 12.1. The summed E-state index contributed by atoms with van der Waals surface area (Å²) >= 11 is 9.18. The highest BCUT2D eigenvalue weighted by atomic mass is 79.9. The zero-order chi connectivity index (χ0) is 15.4. The highest BCUT2D eigenvalue weighted by Gasteiger charge is 2.11. The van der Waals surface area contributed by atoms with E-state index >= 15 is 0 Å². The minimum atomic E-state index is -0.616.